The van der Waals surface area contributed by atoms with E-state index in [9.17, 15) is 4.79 Å². The van der Waals surface area contributed by atoms with Crippen molar-refractivity contribution in [2.24, 2.45) is 0 Å². The maximum absolute atomic E-state index is 11.8. The van der Waals surface area contributed by atoms with Crippen LogP contribution in [0.4, 0.5) is 0 Å². The Morgan fingerprint density at radius 1 is 1.25 bits per heavy atom. The Labute approximate surface area is 96.6 Å². The van der Waals surface area contributed by atoms with Gasteiger partial charge < -0.3 is 10.0 Å². The van der Waals surface area contributed by atoms with Crippen LogP contribution in [0.5, 0.6) is 0 Å². The average molecular weight is 227 g/mol. The molecule has 5 heteroatoms. The van der Waals surface area contributed by atoms with Crippen LogP contribution < -0.4 is 0 Å². The number of piperazine rings is 1. The number of rotatable bonds is 3. The van der Waals surface area contributed by atoms with Gasteiger partial charge in [0.05, 0.1) is 12.6 Å². The highest BCUT2D eigenvalue weighted by Gasteiger charge is 2.35. The summed E-state index contributed by atoms with van der Waals surface area (Å²) < 4.78 is 0. The number of hydrogen-bond acceptors (Lipinski definition) is 4. The van der Waals surface area contributed by atoms with Crippen molar-refractivity contribution in [3.8, 4) is 0 Å². The molecule has 2 aliphatic rings. The number of carbonyl (C=O) groups is 1. The zero-order chi connectivity index (χ0) is 11.5. The fraction of sp³-hybridized carbons (Fsp3) is 0.909. The number of carbonyl (C=O) groups excluding carboxylic acids is 1. The van der Waals surface area contributed by atoms with Crippen LogP contribution in [-0.4, -0.2) is 84.7 Å². The van der Waals surface area contributed by atoms with E-state index in [2.05, 4.69) is 9.80 Å². The third-order valence-electron chi connectivity index (χ3n) is 3.66. The number of likely N-dealkylation sites (N-methyl/N-ethyl adjacent to an activating group) is 1. The van der Waals surface area contributed by atoms with Crippen LogP contribution in [0.15, 0.2) is 0 Å². The van der Waals surface area contributed by atoms with E-state index in [1.165, 1.54) is 0 Å². The van der Waals surface area contributed by atoms with Gasteiger partial charge in [-0.25, -0.2) is 0 Å². The van der Waals surface area contributed by atoms with E-state index in [0.717, 1.165) is 45.7 Å². The normalized spacial score (nSPS) is 29.0. The first kappa shape index (κ1) is 11.8. The summed E-state index contributed by atoms with van der Waals surface area (Å²) in [6.07, 6.45) is 0.968. The molecule has 2 saturated heterocycles. The van der Waals surface area contributed by atoms with Gasteiger partial charge in [-0.05, 0) is 6.42 Å². The minimum atomic E-state index is 0.112. The topological polar surface area (TPSA) is 47.0 Å². The molecular weight excluding hydrogens is 206 g/mol. The zero-order valence-electron chi connectivity index (χ0n) is 9.93. The van der Waals surface area contributed by atoms with Crippen LogP contribution in [0.2, 0.25) is 0 Å². The van der Waals surface area contributed by atoms with Crippen LogP contribution in [0, 0.1) is 0 Å². The number of nitrogens with zero attached hydrogens (tertiary/aromatic N) is 3. The van der Waals surface area contributed by atoms with Gasteiger partial charge in [0, 0.05) is 46.3 Å². The molecule has 0 aliphatic carbocycles. The summed E-state index contributed by atoms with van der Waals surface area (Å²) >= 11 is 0. The predicted molar refractivity (Wildman–Crippen MR) is 61.1 cm³/mol. The molecule has 0 aromatic carbocycles. The Hall–Kier alpha value is -0.650. The van der Waals surface area contributed by atoms with Crippen LogP contribution >= 0.6 is 0 Å². The van der Waals surface area contributed by atoms with Crippen molar-refractivity contribution in [3.05, 3.63) is 0 Å². The fourth-order valence-electron chi connectivity index (χ4n) is 2.58. The van der Waals surface area contributed by atoms with Crippen LogP contribution in [0.3, 0.4) is 0 Å². The lowest BCUT2D eigenvalue weighted by atomic mass is 10.2. The van der Waals surface area contributed by atoms with E-state index < -0.39 is 0 Å². The fourth-order valence-corrected chi connectivity index (χ4v) is 2.58. The van der Waals surface area contributed by atoms with Crippen molar-refractivity contribution in [3.63, 3.8) is 0 Å². The molecule has 2 heterocycles. The van der Waals surface area contributed by atoms with Crippen molar-refractivity contribution in [1.29, 1.82) is 0 Å². The molecule has 1 unspecified atom stereocenters. The molecule has 0 radical (unpaired) electrons. The third-order valence-corrected chi connectivity index (χ3v) is 3.66. The van der Waals surface area contributed by atoms with E-state index in [1.807, 2.05) is 11.9 Å². The number of amides is 1. The van der Waals surface area contributed by atoms with Gasteiger partial charge in [0.15, 0.2) is 0 Å². The maximum atomic E-state index is 11.8. The number of likely N-dealkylation sites (tertiary alicyclic amines) is 1. The van der Waals surface area contributed by atoms with Gasteiger partial charge in [0.2, 0.25) is 5.91 Å². The minimum Gasteiger partial charge on any atom is -0.395 e. The van der Waals surface area contributed by atoms with Crippen molar-refractivity contribution in [1.82, 2.24) is 14.7 Å². The Morgan fingerprint density at radius 3 is 2.44 bits per heavy atom. The molecule has 1 amide bonds. The molecule has 1 N–H and O–H groups in total. The van der Waals surface area contributed by atoms with Crippen LogP contribution in [0.1, 0.15) is 6.42 Å². The zero-order valence-corrected chi connectivity index (χ0v) is 9.93. The second-order valence-corrected chi connectivity index (χ2v) is 4.67. The van der Waals surface area contributed by atoms with Gasteiger partial charge >= 0.3 is 0 Å². The lowest BCUT2D eigenvalue weighted by Gasteiger charge is -2.36. The first-order valence-corrected chi connectivity index (χ1v) is 6.04. The van der Waals surface area contributed by atoms with E-state index in [-0.39, 0.29) is 18.6 Å². The Morgan fingerprint density at radius 2 is 1.94 bits per heavy atom. The number of aliphatic hydroxyl groups is 1. The van der Waals surface area contributed by atoms with Gasteiger partial charge in [0.25, 0.3) is 0 Å². The highest BCUT2D eigenvalue weighted by molar-refractivity contribution is 5.83. The molecule has 2 fully saturated rings. The number of β-amino-alcohol motifs (C(OH)–C–C–N with tert-alkyl or cyclic N) is 1. The summed E-state index contributed by atoms with van der Waals surface area (Å²) in [5.74, 6) is 0.274. The second-order valence-electron chi connectivity index (χ2n) is 4.67. The largest absolute Gasteiger partial charge is 0.395 e. The Kier molecular flexibility index (Phi) is 3.78. The Bertz CT molecular complexity index is 252. The summed E-state index contributed by atoms with van der Waals surface area (Å²) in [5, 5.41) is 8.86. The van der Waals surface area contributed by atoms with Crippen molar-refractivity contribution >= 4 is 5.91 Å². The Balaban J connectivity index is 1.83. The number of hydrogen-bond donors (Lipinski definition) is 1. The standard InChI is InChI=1S/C11H21N3O2/c1-12-3-2-10(11(12)16)14-6-4-13(5-7-14)8-9-15/h10,15H,2-9H2,1H3. The summed E-state index contributed by atoms with van der Waals surface area (Å²) in [6, 6.07) is 0.112. The van der Waals surface area contributed by atoms with Crippen molar-refractivity contribution in [2.45, 2.75) is 12.5 Å². The predicted octanol–water partition coefficient (Wildman–Crippen LogP) is -1.17. The molecule has 1 atom stereocenters. The quantitative estimate of drug-likeness (QED) is 0.660. The average Bonchev–Trinajstić information content (AvgIpc) is 2.62. The molecule has 92 valence electrons. The van der Waals surface area contributed by atoms with Crippen molar-refractivity contribution < 1.29 is 9.90 Å². The van der Waals surface area contributed by atoms with Gasteiger partial charge in [-0.1, -0.05) is 0 Å². The van der Waals surface area contributed by atoms with Gasteiger partial charge in [-0.2, -0.15) is 0 Å². The molecule has 5 nitrogen and oxygen atoms in total. The third kappa shape index (κ3) is 2.36. The lowest BCUT2D eigenvalue weighted by Crippen LogP contribution is -2.52. The second kappa shape index (κ2) is 5.12. The highest BCUT2D eigenvalue weighted by atomic mass is 16.3. The van der Waals surface area contributed by atoms with E-state index in [4.69, 9.17) is 5.11 Å². The van der Waals surface area contributed by atoms with Crippen LogP contribution in [-0.2, 0) is 4.79 Å². The van der Waals surface area contributed by atoms with E-state index in [1.54, 1.807) is 0 Å². The minimum absolute atomic E-state index is 0.112. The molecule has 0 saturated carbocycles. The molecule has 0 spiro atoms. The van der Waals surface area contributed by atoms with Gasteiger partial charge in [-0.15, -0.1) is 0 Å². The summed E-state index contributed by atoms with van der Waals surface area (Å²) in [6.45, 7) is 5.70. The molecule has 0 aromatic heterocycles. The number of aliphatic hydroxyl groups excluding tert-OH is 1. The SMILES string of the molecule is CN1CCC(N2CCN(CCO)CC2)C1=O. The van der Waals surface area contributed by atoms with E-state index in [0.29, 0.717) is 0 Å². The van der Waals surface area contributed by atoms with Gasteiger partial charge in [0.1, 0.15) is 0 Å². The smallest absolute Gasteiger partial charge is 0.239 e. The summed E-state index contributed by atoms with van der Waals surface area (Å²) in [5.41, 5.74) is 0. The van der Waals surface area contributed by atoms with E-state index >= 15 is 0 Å². The first-order chi connectivity index (χ1) is 7.72. The van der Waals surface area contributed by atoms with Gasteiger partial charge in [-0.3, -0.25) is 14.6 Å². The first-order valence-electron chi connectivity index (χ1n) is 6.04. The summed E-state index contributed by atoms with van der Waals surface area (Å²) in [7, 11) is 1.88. The highest BCUT2D eigenvalue weighted by Crippen LogP contribution is 2.17. The molecule has 2 rings (SSSR count). The monoisotopic (exact) mass is 227 g/mol. The molecule has 0 bridgehead atoms. The molecule has 2 aliphatic heterocycles. The van der Waals surface area contributed by atoms with Crippen molar-refractivity contribution in [2.75, 3.05) is 52.9 Å². The molecular formula is C11H21N3O2. The van der Waals surface area contributed by atoms with Crippen LogP contribution in [0.25, 0.3) is 0 Å². The summed E-state index contributed by atoms with van der Waals surface area (Å²) in [4.78, 5) is 18.2. The molecule has 16 heavy (non-hydrogen) atoms. The molecule has 0 aromatic rings. The maximum Gasteiger partial charge on any atom is 0.239 e. The lowest BCUT2D eigenvalue weighted by molar-refractivity contribution is -0.131.